The number of nitrogens with one attached hydrogen (secondary N) is 2. The lowest BCUT2D eigenvalue weighted by Crippen LogP contribution is -2.53. The number of rotatable bonds is 6. The predicted octanol–water partition coefficient (Wildman–Crippen LogP) is 8.18. The van der Waals surface area contributed by atoms with Gasteiger partial charge in [-0.3, -0.25) is 19.4 Å². The molecule has 16 heteroatoms. The van der Waals surface area contributed by atoms with Crippen LogP contribution < -0.4 is 10.6 Å². The average Bonchev–Trinajstić information content (AvgIpc) is 3.40. The van der Waals surface area contributed by atoms with Gasteiger partial charge in [-0.1, -0.05) is 153 Å². The van der Waals surface area contributed by atoms with Crippen LogP contribution in [0.4, 0.5) is 0 Å². The van der Waals surface area contributed by atoms with E-state index >= 15 is 9.59 Å². The van der Waals surface area contributed by atoms with Crippen LogP contribution in [0.3, 0.4) is 0 Å². The summed E-state index contributed by atoms with van der Waals surface area (Å²) in [5.41, 5.74) is 8.91. The first-order chi connectivity index (χ1) is 36.5. The van der Waals surface area contributed by atoms with E-state index in [4.69, 9.17) is 9.47 Å². The van der Waals surface area contributed by atoms with Crippen LogP contribution in [0.25, 0.3) is 0 Å². The molecule has 6 N–H and O–H groups in total. The smallest absolute Gasteiger partial charge is 0.329 e. The number of nitrogens with zero attached hydrogens (tertiary/aromatic N) is 2. The molecule has 3 aliphatic rings. The summed E-state index contributed by atoms with van der Waals surface area (Å²) >= 11 is 0. The van der Waals surface area contributed by atoms with E-state index in [9.17, 15) is 30.0 Å². The van der Waals surface area contributed by atoms with Gasteiger partial charge in [0.2, 0.25) is 11.8 Å². The number of hydrogen-bond donors (Lipinski definition) is 6. The monoisotopic (exact) mass is 1070 g/mol. The van der Waals surface area contributed by atoms with Gasteiger partial charge in [-0.25, -0.2) is 9.59 Å². The molecule has 0 aromatic heterocycles. The van der Waals surface area contributed by atoms with Crippen molar-refractivity contribution in [2.24, 2.45) is 0 Å². The SMILES string of the molecule is COC(=O)C1CSSCC(C(=O)OC)NC(=O)C(Cc2ccccc2)N2Cc3cc(C)cc(c3O)Cc3cc(C)cc(c3O)CN(Cc3cc(C)cc(c3O)Cc3cc(C)cc(c3O)C2)C(Cc2ccccc2)C(=O)N1. The highest BCUT2D eigenvalue weighted by Gasteiger charge is 2.35. The molecule has 2 amide bonds. The summed E-state index contributed by atoms with van der Waals surface area (Å²) in [6.45, 7) is 7.67. The number of benzene rings is 6. The van der Waals surface area contributed by atoms with Crippen LogP contribution in [0.5, 0.6) is 23.0 Å². The first-order valence-electron chi connectivity index (χ1n) is 25.3. The van der Waals surface area contributed by atoms with Gasteiger partial charge in [0.05, 0.1) is 26.3 Å². The Kier molecular flexibility index (Phi) is 18.0. The van der Waals surface area contributed by atoms with E-state index < -0.39 is 47.9 Å². The maximum atomic E-state index is 15.2. The van der Waals surface area contributed by atoms with Gasteiger partial charge in [-0.15, -0.1) is 0 Å². The molecule has 9 rings (SSSR count). The number of carbonyl (C=O) groups is 4. The molecule has 0 aliphatic carbocycles. The molecule has 10 bridgehead atoms. The van der Waals surface area contributed by atoms with Gasteiger partial charge >= 0.3 is 11.9 Å². The lowest BCUT2D eigenvalue weighted by molar-refractivity contribution is -0.145. The maximum absolute atomic E-state index is 15.2. The zero-order valence-corrected chi connectivity index (χ0v) is 45.4. The first kappa shape index (κ1) is 55.3. The average molecular weight is 1070 g/mol. The van der Waals surface area contributed by atoms with Crippen LogP contribution in [0.1, 0.15) is 77.9 Å². The number of aryl methyl sites for hydroxylation is 4. The summed E-state index contributed by atoms with van der Waals surface area (Å²) in [5, 5.41) is 55.8. The summed E-state index contributed by atoms with van der Waals surface area (Å²) in [4.78, 5) is 61.5. The standard InChI is InChI=1S/C60H66N4O10S2/c1-35-17-41-27-42-18-36(2)22-47(54(42)66)31-64-32-48-24-38(4)20-44(56(48)68)28-43-19-37(3)23-46(55(43)67)30-63(29-45(21-35)53(41)65)51(25-39-13-9-7-10-14-39)57(69)61-49(59(71)73-5)33-75-76-34-50(60(72)74-6)62-58(70)52(64)26-40-15-11-8-12-16-40/h7-24,49-52,65-68H,25-34H2,1-6H3,(H,61,69)(H,62,70). The number of esters is 2. The molecular formula is C60H66N4O10S2. The zero-order chi connectivity index (χ0) is 54.2. The Morgan fingerprint density at radius 3 is 1.04 bits per heavy atom. The highest BCUT2D eigenvalue weighted by atomic mass is 33.1. The lowest BCUT2D eigenvalue weighted by atomic mass is 9.93. The van der Waals surface area contributed by atoms with Crippen LogP contribution in [0.2, 0.25) is 0 Å². The molecular weight excluding hydrogens is 1000 g/mol. The van der Waals surface area contributed by atoms with Crippen molar-refractivity contribution in [1.29, 1.82) is 0 Å². The third-order valence-electron chi connectivity index (χ3n) is 14.1. The van der Waals surface area contributed by atoms with Crippen LogP contribution in [0.15, 0.2) is 109 Å². The van der Waals surface area contributed by atoms with E-state index in [2.05, 4.69) is 10.6 Å². The molecule has 0 fully saturated rings. The Morgan fingerprint density at radius 1 is 0.487 bits per heavy atom. The molecule has 3 aliphatic heterocycles. The fraction of sp³-hybridized carbons (Fsp3) is 0.333. The van der Waals surface area contributed by atoms with Crippen molar-refractivity contribution in [2.75, 3.05) is 25.7 Å². The Bertz CT molecular complexity index is 2780. The maximum Gasteiger partial charge on any atom is 0.329 e. The van der Waals surface area contributed by atoms with E-state index in [-0.39, 0.29) is 86.4 Å². The second kappa shape index (κ2) is 24.8. The normalized spacial score (nSPS) is 20.7. The molecule has 6 aromatic rings. The highest BCUT2D eigenvalue weighted by Crippen LogP contribution is 2.38. The summed E-state index contributed by atoms with van der Waals surface area (Å²) in [6, 6.07) is 29.4. The molecule has 14 nitrogen and oxygen atoms in total. The van der Waals surface area contributed by atoms with Gasteiger partial charge in [0.15, 0.2) is 0 Å². The fourth-order valence-corrected chi connectivity index (χ4v) is 12.7. The van der Waals surface area contributed by atoms with E-state index in [1.54, 1.807) is 0 Å². The zero-order valence-electron chi connectivity index (χ0n) is 43.7. The van der Waals surface area contributed by atoms with E-state index in [0.717, 1.165) is 33.4 Å². The molecule has 0 saturated carbocycles. The Hall–Kier alpha value is -6.98. The summed E-state index contributed by atoms with van der Waals surface area (Å²) in [6.07, 6.45) is 0.516. The number of amides is 2. The van der Waals surface area contributed by atoms with Gasteiger partial charge in [0, 0.05) is 72.8 Å². The fourth-order valence-electron chi connectivity index (χ4n) is 10.4. The Balaban J connectivity index is 1.41. The van der Waals surface area contributed by atoms with Crippen molar-refractivity contribution < 1.29 is 49.1 Å². The van der Waals surface area contributed by atoms with Gasteiger partial charge in [-0.2, -0.15) is 0 Å². The van der Waals surface area contributed by atoms with E-state index in [1.165, 1.54) is 35.8 Å². The lowest BCUT2D eigenvalue weighted by Gasteiger charge is -2.33. The molecule has 4 unspecified atom stereocenters. The number of fused-ring (bicyclic) bond motifs is 11. The molecule has 4 atom stereocenters. The van der Waals surface area contributed by atoms with Crippen LogP contribution in [0, 0.1) is 27.7 Å². The number of phenols is 4. The van der Waals surface area contributed by atoms with Crippen molar-refractivity contribution in [3.63, 3.8) is 0 Å². The second-order valence-electron chi connectivity index (χ2n) is 20.0. The first-order valence-corrected chi connectivity index (χ1v) is 27.8. The number of carbonyl (C=O) groups excluding carboxylic acids is 4. The van der Waals surface area contributed by atoms with E-state index in [1.807, 2.05) is 147 Å². The number of ether oxygens (including phenoxy) is 2. The predicted molar refractivity (Wildman–Crippen MR) is 296 cm³/mol. The van der Waals surface area contributed by atoms with Crippen molar-refractivity contribution >= 4 is 45.3 Å². The molecule has 398 valence electrons. The molecule has 3 heterocycles. The highest BCUT2D eigenvalue weighted by molar-refractivity contribution is 8.76. The number of hydrogen-bond acceptors (Lipinski definition) is 14. The van der Waals surface area contributed by atoms with Gasteiger partial charge in [0.1, 0.15) is 35.1 Å². The van der Waals surface area contributed by atoms with Crippen molar-refractivity contribution in [1.82, 2.24) is 20.4 Å². The van der Waals surface area contributed by atoms with Gasteiger partial charge in [-0.05, 0) is 73.9 Å². The molecule has 76 heavy (non-hydrogen) atoms. The van der Waals surface area contributed by atoms with Crippen LogP contribution >= 0.6 is 21.6 Å². The Labute approximate surface area is 452 Å². The minimum Gasteiger partial charge on any atom is -0.507 e. The number of phenolic OH excluding ortho intramolecular Hbond substituents is 4. The molecule has 6 aromatic carbocycles. The minimum absolute atomic E-state index is 0.00241. The van der Waals surface area contributed by atoms with Gasteiger partial charge in [0.25, 0.3) is 0 Å². The number of aromatic hydroxyl groups is 4. The second-order valence-corrected chi connectivity index (χ2v) is 22.6. The topological polar surface area (TPSA) is 198 Å². The summed E-state index contributed by atoms with van der Waals surface area (Å²) in [7, 11) is 4.89. The number of methoxy groups -OCH3 is 2. The van der Waals surface area contributed by atoms with Gasteiger partial charge < -0.3 is 40.5 Å². The summed E-state index contributed by atoms with van der Waals surface area (Å²) < 4.78 is 10.5. The third-order valence-corrected chi connectivity index (χ3v) is 16.5. The minimum atomic E-state index is -1.16. The molecule has 0 spiro atoms. The quantitative estimate of drug-likeness (QED) is 0.0690. The van der Waals surface area contributed by atoms with Crippen molar-refractivity contribution in [2.45, 2.75) is 104 Å². The van der Waals surface area contributed by atoms with Crippen molar-refractivity contribution in [3.05, 3.63) is 187 Å². The van der Waals surface area contributed by atoms with Crippen LogP contribution in [-0.4, -0.2) is 104 Å². The molecule has 0 radical (unpaired) electrons. The van der Waals surface area contributed by atoms with E-state index in [0.29, 0.717) is 44.5 Å². The third kappa shape index (κ3) is 13.3. The van der Waals surface area contributed by atoms with Crippen molar-refractivity contribution in [3.8, 4) is 23.0 Å². The molecule has 0 saturated heterocycles. The Morgan fingerprint density at radius 2 is 0.763 bits per heavy atom. The van der Waals surface area contributed by atoms with Crippen LogP contribution in [-0.2, 0) is 80.5 Å². The largest absolute Gasteiger partial charge is 0.507 e. The summed E-state index contributed by atoms with van der Waals surface area (Å²) in [5.74, 6) is -2.56.